The van der Waals surface area contributed by atoms with E-state index in [4.69, 9.17) is 10.5 Å². The number of hydrogen-bond donors (Lipinski definition) is 1. The molecule has 0 amide bonds. The van der Waals surface area contributed by atoms with Gasteiger partial charge in [-0.15, -0.1) is 5.10 Å². The van der Waals surface area contributed by atoms with Crippen molar-refractivity contribution in [2.24, 2.45) is 19.8 Å². The van der Waals surface area contributed by atoms with Crippen LogP contribution in [0.4, 0.5) is 0 Å². The van der Waals surface area contributed by atoms with Gasteiger partial charge in [-0.1, -0.05) is 0 Å². The summed E-state index contributed by atoms with van der Waals surface area (Å²) in [6, 6.07) is 0.223. The smallest absolute Gasteiger partial charge is 0.347 e. The van der Waals surface area contributed by atoms with Crippen LogP contribution in [-0.4, -0.2) is 26.5 Å². The minimum absolute atomic E-state index is 0.0138. The number of hydrogen-bond acceptors (Lipinski definition) is 5. The summed E-state index contributed by atoms with van der Waals surface area (Å²) in [6.45, 7) is 0. The quantitative estimate of drug-likeness (QED) is 0.740. The highest BCUT2D eigenvalue weighted by Crippen LogP contribution is 2.20. The molecule has 0 unspecified atom stereocenters. The molecule has 0 spiro atoms. The molecule has 1 aliphatic rings. The van der Waals surface area contributed by atoms with Gasteiger partial charge in [-0.05, 0) is 25.7 Å². The molecule has 1 fully saturated rings. The first-order valence-electron chi connectivity index (χ1n) is 6.05. The molecule has 100 valence electrons. The molecule has 0 radical (unpaired) electrons. The summed E-state index contributed by atoms with van der Waals surface area (Å²) < 4.78 is 7.69. The maximum atomic E-state index is 11.8. The highest BCUT2D eigenvalue weighted by Gasteiger charge is 2.22. The summed E-state index contributed by atoms with van der Waals surface area (Å²) in [4.78, 5) is 23.3. The molecule has 0 aliphatic heterocycles. The van der Waals surface area contributed by atoms with E-state index in [0.29, 0.717) is 0 Å². The van der Waals surface area contributed by atoms with Crippen molar-refractivity contribution in [1.82, 2.24) is 14.3 Å². The first-order valence-corrected chi connectivity index (χ1v) is 6.05. The lowest BCUT2D eigenvalue weighted by Gasteiger charge is -2.26. The molecule has 0 bridgehead atoms. The first kappa shape index (κ1) is 12.8. The van der Waals surface area contributed by atoms with Crippen LogP contribution in [0.3, 0.4) is 0 Å². The van der Waals surface area contributed by atoms with Gasteiger partial charge in [-0.3, -0.25) is 9.36 Å². The molecule has 1 aromatic heterocycles. The molecule has 1 aromatic rings. The van der Waals surface area contributed by atoms with Crippen LogP contribution < -0.4 is 21.7 Å². The Labute approximate surface area is 104 Å². The lowest BCUT2D eigenvalue weighted by atomic mass is 9.94. The van der Waals surface area contributed by atoms with E-state index in [1.807, 2.05) is 0 Å². The normalized spacial score (nSPS) is 23.9. The van der Waals surface area contributed by atoms with Crippen molar-refractivity contribution in [1.29, 1.82) is 0 Å². The number of aromatic nitrogens is 3. The van der Waals surface area contributed by atoms with Crippen LogP contribution in [0.5, 0.6) is 5.88 Å². The molecule has 0 aromatic carbocycles. The summed E-state index contributed by atoms with van der Waals surface area (Å²) in [7, 11) is 2.90. The fourth-order valence-electron chi connectivity index (χ4n) is 2.11. The Morgan fingerprint density at radius 1 is 1.22 bits per heavy atom. The highest BCUT2D eigenvalue weighted by molar-refractivity contribution is 5.02. The maximum Gasteiger partial charge on any atom is 0.347 e. The molecule has 1 aliphatic carbocycles. The topological polar surface area (TPSA) is 92.1 Å². The standard InChI is InChI=1S/C11H18N4O3/c1-14-10(16)9(13-15(2)11(14)17)18-8-5-3-7(12)4-6-8/h7-8H,3-6,12H2,1-2H3. The van der Waals surface area contributed by atoms with E-state index < -0.39 is 11.2 Å². The zero-order chi connectivity index (χ0) is 13.3. The summed E-state index contributed by atoms with van der Waals surface area (Å²) in [5.41, 5.74) is 4.85. The highest BCUT2D eigenvalue weighted by atomic mass is 16.5. The van der Waals surface area contributed by atoms with Gasteiger partial charge in [-0.2, -0.15) is 0 Å². The molecule has 1 heterocycles. The van der Waals surface area contributed by atoms with Crippen molar-refractivity contribution in [3.63, 3.8) is 0 Å². The molecule has 0 atom stereocenters. The summed E-state index contributed by atoms with van der Waals surface area (Å²) in [5, 5.41) is 3.86. The van der Waals surface area contributed by atoms with E-state index >= 15 is 0 Å². The predicted octanol–water partition coefficient (Wildman–Crippen LogP) is -0.872. The number of rotatable bonds is 2. The van der Waals surface area contributed by atoms with Gasteiger partial charge < -0.3 is 10.5 Å². The summed E-state index contributed by atoms with van der Waals surface area (Å²) in [5.74, 6) is -0.0138. The molecule has 7 nitrogen and oxygen atoms in total. The Hall–Kier alpha value is -1.63. The van der Waals surface area contributed by atoms with Crippen LogP contribution >= 0.6 is 0 Å². The summed E-state index contributed by atoms with van der Waals surface area (Å²) in [6.07, 6.45) is 3.36. The first-order chi connectivity index (χ1) is 8.49. The molecule has 2 N–H and O–H groups in total. The fourth-order valence-corrected chi connectivity index (χ4v) is 2.11. The predicted molar refractivity (Wildman–Crippen MR) is 65.6 cm³/mol. The minimum Gasteiger partial charge on any atom is -0.469 e. The zero-order valence-electron chi connectivity index (χ0n) is 10.6. The Morgan fingerprint density at radius 2 is 1.83 bits per heavy atom. The van der Waals surface area contributed by atoms with Gasteiger partial charge in [0, 0.05) is 20.1 Å². The Balaban J connectivity index is 2.20. The number of nitrogens with two attached hydrogens (primary N) is 1. The van der Waals surface area contributed by atoms with Crippen LogP contribution in [0.2, 0.25) is 0 Å². The van der Waals surface area contributed by atoms with E-state index in [9.17, 15) is 9.59 Å². The van der Waals surface area contributed by atoms with Gasteiger partial charge in [0.15, 0.2) is 0 Å². The molecule has 18 heavy (non-hydrogen) atoms. The van der Waals surface area contributed by atoms with Gasteiger partial charge in [0.05, 0.1) is 0 Å². The molecule has 2 rings (SSSR count). The second-order valence-corrected chi connectivity index (χ2v) is 4.73. The van der Waals surface area contributed by atoms with Crippen LogP contribution in [0.1, 0.15) is 25.7 Å². The molecular formula is C11H18N4O3. The third-order valence-electron chi connectivity index (χ3n) is 3.29. The lowest BCUT2D eigenvalue weighted by molar-refractivity contribution is 0.134. The van der Waals surface area contributed by atoms with Crippen LogP contribution in [-0.2, 0) is 14.1 Å². The van der Waals surface area contributed by atoms with Crippen LogP contribution in [0.25, 0.3) is 0 Å². The Kier molecular flexibility index (Phi) is 3.51. The third-order valence-corrected chi connectivity index (χ3v) is 3.29. The number of nitrogens with zero attached hydrogens (tertiary/aromatic N) is 3. The largest absolute Gasteiger partial charge is 0.469 e. The van der Waals surface area contributed by atoms with Gasteiger partial charge in [-0.25, -0.2) is 9.48 Å². The van der Waals surface area contributed by atoms with Crippen LogP contribution in [0, 0.1) is 0 Å². The van der Waals surface area contributed by atoms with Crippen molar-refractivity contribution >= 4 is 0 Å². The van der Waals surface area contributed by atoms with Gasteiger partial charge in [0.1, 0.15) is 6.10 Å². The van der Waals surface area contributed by atoms with Gasteiger partial charge in [0.2, 0.25) is 0 Å². The average molecular weight is 254 g/mol. The van der Waals surface area contributed by atoms with E-state index in [1.165, 1.54) is 14.1 Å². The van der Waals surface area contributed by atoms with Crippen molar-refractivity contribution in [3.05, 3.63) is 20.8 Å². The number of aryl methyl sites for hydroxylation is 1. The third kappa shape index (κ3) is 2.45. The average Bonchev–Trinajstić information content (AvgIpc) is 2.36. The molecule has 1 saturated carbocycles. The summed E-state index contributed by atoms with van der Waals surface area (Å²) >= 11 is 0. The monoisotopic (exact) mass is 254 g/mol. The Bertz CT molecular complexity index is 540. The number of ether oxygens (including phenoxy) is 1. The molecular weight excluding hydrogens is 236 g/mol. The molecule has 7 heteroatoms. The van der Waals surface area contributed by atoms with Crippen molar-refractivity contribution in [2.75, 3.05) is 0 Å². The van der Waals surface area contributed by atoms with Crippen molar-refractivity contribution in [3.8, 4) is 5.88 Å². The SMILES string of the molecule is Cn1nc(OC2CCC(N)CC2)c(=O)n(C)c1=O. The van der Waals surface area contributed by atoms with E-state index in [-0.39, 0.29) is 18.0 Å². The maximum absolute atomic E-state index is 11.8. The molecule has 0 saturated heterocycles. The van der Waals surface area contributed by atoms with Gasteiger partial charge >= 0.3 is 11.2 Å². The van der Waals surface area contributed by atoms with Gasteiger partial charge in [0.25, 0.3) is 5.88 Å². The second kappa shape index (κ2) is 4.93. The van der Waals surface area contributed by atoms with Crippen LogP contribution in [0.15, 0.2) is 9.59 Å². The van der Waals surface area contributed by atoms with E-state index in [1.54, 1.807) is 0 Å². The van der Waals surface area contributed by atoms with Crippen molar-refractivity contribution in [2.45, 2.75) is 37.8 Å². The minimum atomic E-state index is -0.493. The van der Waals surface area contributed by atoms with E-state index in [2.05, 4.69) is 5.10 Å². The van der Waals surface area contributed by atoms with E-state index in [0.717, 1.165) is 34.9 Å². The lowest BCUT2D eigenvalue weighted by Crippen LogP contribution is -2.41. The zero-order valence-corrected chi connectivity index (χ0v) is 10.6. The van der Waals surface area contributed by atoms with Crippen molar-refractivity contribution < 1.29 is 4.74 Å². The Morgan fingerprint density at radius 3 is 2.44 bits per heavy atom. The fraction of sp³-hybridized carbons (Fsp3) is 0.727. The second-order valence-electron chi connectivity index (χ2n) is 4.73.